The van der Waals surface area contributed by atoms with E-state index < -0.39 is 0 Å². The summed E-state index contributed by atoms with van der Waals surface area (Å²) in [6.07, 6.45) is 0.834. The van der Waals surface area contributed by atoms with Gasteiger partial charge >= 0.3 is 0 Å². The maximum absolute atomic E-state index is 6.14. The van der Waals surface area contributed by atoms with Gasteiger partial charge < -0.3 is 10.6 Å². The molecule has 0 radical (unpaired) electrons. The van der Waals surface area contributed by atoms with E-state index in [0.717, 1.165) is 29.6 Å². The lowest BCUT2D eigenvalue weighted by Crippen LogP contribution is -2.42. The largest absolute Gasteiger partial charge is 0.355 e. The topological polar surface area (TPSA) is 29.3 Å². The molecule has 1 atom stereocenters. The number of hydrogen-bond acceptors (Lipinski definition) is 3. The van der Waals surface area contributed by atoms with Crippen LogP contribution in [0.3, 0.4) is 0 Å². The first kappa shape index (κ1) is 11.9. The predicted molar refractivity (Wildman–Crippen MR) is 74.8 cm³/mol. The van der Waals surface area contributed by atoms with Crippen LogP contribution in [0.2, 0.25) is 0 Å². The lowest BCUT2D eigenvalue weighted by Gasteiger charge is -2.22. The van der Waals surface area contributed by atoms with Crippen molar-refractivity contribution in [3.8, 4) is 0 Å². The van der Waals surface area contributed by atoms with Crippen molar-refractivity contribution in [1.29, 1.82) is 0 Å². The van der Waals surface area contributed by atoms with Crippen LogP contribution in [0.5, 0.6) is 0 Å². The quantitative estimate of drug-likeness (QED) is 0.832. The molecule has 1 aliphatic rings. The van der Waals surface area contributed by atoms with Gasteiger partial charge in [0.1, 0.15) is 0 Å². The number of benzene rings is 1. The monoisotopic (exact) mass is 252 g/mol. The van der Waals surface area contributed by atoms with Crippen molar-refractivity contribution in [2.75, 3.05) is 18.2 Å². The Labute approximate surface area is 106 Å². The number of thioether (sulfide) groups is 1. The van der Waals surface area contributed by atoms with Crippen molar-refractivity contribution in [2.24, 2.45) is 5.73 Å². The Morgan fingerprint density at radius 3 is 2.81 bits per heavy atom. The van der Waals surface area contributed by atoms with E-state index in [-0.39, 0.29) is 6.04 Å². The molecule has 0 saturated carbocycles. The summed E-state index contributed by atoms with van der Waals surface area (Å²) in [5.74, 6) is 2.17. The molecule has 2 rings (SSSR count). The normalized spacial score (nSPS) is 17.4. The Balaban J connectivity index is 1.92. The summed E-state index contributed by atoms with van der Waals surface area (Å²) in [5.41, 5.74) is 7.39. The van der Waals surface area contributed by atoms with Gasteiger partial charge in [0.05, 0.1) is 16.9 Å². The number of thiocarbonyl (C=S) groups is 1. The van der Waals surface area contributed by atoms with Gasteiger partial charge in [0.2, 0.25) is 0 Å². The molecule has 0 spiro atoms. The summed E-state index contributed by atoms with van der Waals surface area (Å²) in [4.78, 5) is 3.13. The number of hydrogen-bond donors (Lipinski definition) is 1. The first-order valence-corrected chi connectivity index (χ1v) is 6.99. The molecule has 2 nitrogen and oxygen atoms in total. The highest BCUT2D eigenvalue weighted by Gasteiger charge is 2.20. The first-order chi connectivity index (χ1) is 7.77. The highest BCUT2D eigenvalue weighted by atomic mass is 32.2. The van der Waals surface area contributed by atoms with E-state index in [1.54, 1.807) is 0 Å². The van der Waals surface area contributed by atoms with Gasteiger partial charge in [-0.25, -0.2) is 0 Å². The number of nitrogens with zero attached hydrogens (tertiary/aromatic N) is 1. The minimum atomic E-state index is -0.0314. The standard InChI is InChI=1S/C12H16N2S2/c13-11(8-10-4-2-1-3-5-10)12(15)14-6-7-16-9-14/h1-5,11H,6-9,13H2/t11-/m0/s1. The van der Waals surface area contributed by atoms with Crippen LogP contribution in [-0.4, -0.2) is 34.1 Å². The zero-order valence-corrected chi connectivity index (χ0v) is 10.8. The molecule has 0 aliphatic carbocycles. The molecule has 86 valence electrons. The average molecular weight is 252 g/mol. The fourth-order valence-corrected chi connectivity index (χ4v) is 3.07. The van der Waals surface area contributed by atoms with Gasteiger partial charge in [-0.3, -0.25) is 0 Å². The van der Waals surface area contributed by atoms with Gasteiger partial charge in [-0.15, -0.1) is 11.8 Å². The fourth-order valence-electron chi connectivity index (χ4n) is 1.78. The highest BCUT2D eigenvalue weighted by molar-refractivity contribution is 7.99. The van der Waals surface area contributed by atoms with E-state index in [2.05, 4.69) is 17.0 Å². The van der Waals surface area contributed by atoms with Crippen molar-refractivity contribution < 1.29 is 0 Å². The van der Waals surface area contributed by atoms with E-state index in [1.165, 1.54) is 5.56 Å². The van der Waals surface area contributed by atoms with E-state index in [0.29, 0.717) is 0 Å². The summed E-state index contributed by atoms with van der Waals surface area (Å²) in [5, 5.41) is 0. The van der Waals surface area contributed by atoms with Gasteiger partial charge in [-0.2, -0.15) is 0 Å². The summed E-state index contributed by atoms with van der Waals surface area (Å²) < 4.78 is 0. The van der Waals surface area contributed by atoms with Crippen LogP contribution in [-0.2, 0) is 6.42 Å². The molecule has 0 unspecified atom stereocenters. The van der Waals surface area contributed by atoms with Crippen LogP contribution in [0, 0.1) is 0 Å². The van der Waals surface area contributed by atoms with Gasteiger partial charge in [0.25, 0.3) is 0 Å². The van der Waals surface area contributed by atoms with Crippen LogP contribution in [0.25, 0.3) is 0 Å². The van der Waals surface area contributed by atoms with Crippen molar-refractivity contribution in [3.05, 3.63) is 35.9 Å². The minimum absolute atomic E-state index is 0.0314. The zero-order chi connectivity index (χ0) is 11.4. The van der Waals surface area contributed by atoms with E-state index in [1.807, 2.05) is 30.0 Å². The molecule has 1 fully saturated rings. The van der Waals surface area contributed by atoms with Gasteiger partial charge in [0.15, 0.2) is 0 Å². The maximum Gasteiger partial charge on any atom is 0.0960 e. The van der Waals surface area contributed by atoms with Gasteiger partial charge in [-0.1, -0.05) is 42.5 Å². The Morgan fingerprint density at radius 1 is 1.44 bits per heavy atom. The summed E-state index contributed by atoms with van der Waals surface area (Å²) in [7, 11) is 0. The molecule has 1 heterocycles. The lowest BCUT2D eigenvalue weighted by molar-refractivity contribution is 0.527. The van der Waals surface area contributed by atoms with Crippen LogP contribution in [0.4, 0.5) is 0 Å². The highest BCUT2D eigenvalue weighted by Crippen LogP contribution is 2.16. The lowest BCUT2D eigenvalue weighted by atomic mass is 10.1. The Morgan fingerprint density at radius 2 is 2.19 bits per heavy atom. The molecule has 4 heteroatoms. The van der Waals surface area contributed by atoms with Crippen LogP contribution < -0.4 is 5.73 Å². The van der Waals surface area contributed by atoms with Crippen molar-refractivity contribution in [1.82, 2.24) is 4.90 Å². The van der Waals surface area contributed by atoms with Crippen molar-refractivity contribution in [2.45, 2.75) is 12.5 Å². The molecule has 1 aromatic carbocycles. The fraction of sp³-hybridized carbons (Fsp3) is 0.417. The molecular weight excluding hydrogens is 236 g/mol. The van der Waals surface area contributed by atoms with Crippen LogP contribution in [0.15, 0.2) is 30.3 Å². The van der Waals surface area contributed by atoms with E-state index >= 15 is 0 Å². The summed E-state index contributed by atoms with van der Waals surface area (Å²) in [6.45, 7) is 1.05. The van der Waals surface area contributed by atoms with Gasteiger partial charge in [-0.05, 0) is 12.0 Å². The Bertz CT molecular complexity index is 347. The second-order valence-corrected chi connectivity index (χ2v) is 5.43. The zero-order valence-electron chi connectivity index (χ0n) is 9.13. The molecule has 0 bridgehead atoms. The molecule has 0 amide bonds. The van der Waals surface area contributed by atoms with Crippen molar-refractivity contribution >= 4 is 29.0 Å². The molecule has 0 aromatic heterocycles. The third kappa shape index (κ3) is 2.97. The average Bonchev–Trinajstić information content (AvgIpc) is 2.83. The number of rotatable bonds is 3. The second-order valence-electron chi connectivity index (χ2n) is 3.94. The SMILES string of the molecule is N[C@@H](Cc1ccccc1)C(=S)N1CCSC1. The number of nitrogens with two attached hydrogens (primary N) is 1. The van der Waals surface area contributed by atoms with Crippen LogP contribution in [0.1, 0.15) is 5.56 Å². The third-order valence-electron chi connectivity index (χ3n) is 2.68. The molecule has 16 heavy (non-hydrogen) atoms. The van der Waals surface area contributed by atoms with E-state index in [4.69, 9.17) is 18.0 Å². The minimum Gasteiger partial charge on any atom is -0.355 e. The summed E-state index contributed by atoms with van der Waals surface area (Å²) >= 11 is 7.34. The van der Waals surface area contributed by atoms with Gasteiger partial charge in [0, 0.05) is 12.3 Å². The van der Waals surface area contributed by atoms with Crippen LogP contribution >= 0.6 is 24.0 Å². The van der Waals surface area contributed by atoms with Crippen molar-refractivity contribution in [3.63, 3.8) is 0 Å². The first-order valence-electron chi connectivity index (χ1n) is 5.43. The summed E-state index contributed by atoms with van der Waals surface area (Å²) in [6, 6.07) is 10.3. The molecule has 1 aromatic rings. The third-order valence-corrected chi connectivity index (χ3v) is 4.21. The molecule has 1 saturated heterocycles. The second kappa shape index (κ2) is 5.66. The van der Waals surface area contributed by atoms with E-state index in [9.17, 15) is 0 Å². The molecular formula is C12H16N2S2. The Kier molecular flexibility index (Phi) is 4.21. The smallest absolute Gasteiger partial charge is 0.0960 e. The molecule has 1 aliphatic heterocycles. The maximum atomic E-state index is 6.14. The predicted octanol–water partition coefficient (Wildman–Crippen LogP) is 1.89. The Hall–Kier alpha value is -0.580. The molecule has 2 N–H and O–H groups in total.